The van der Waals surface area contributed by atoms with E-state index in [0.717, 1.165) is 11.3 Å². The van der Waals surface area contributed by atoms with Gasteiger partial charge in [0.25, 0.3) is 5.95 Å². The first kappa shape index (κ1) is 7.92. The van der Waals surface area contributed by atoms with E-state index < -0.39 is 0 Å². The Bertz CT molecular complexity index is 377. The molecule has 0 N–H and O–H groups in total. The van der Waals surface area contributed by atoms with E-state index in [-0.39, 0.29) is 0 Å². The van der Waals surface area contributed by atoms with Crippen molar-refractivity contribution >= 4 is 0 Å². The Balaban J connectivity index is 2.19. The van der Waals surface area contributed by atoms with E-state index in [9.17, 15) is 0 Å². The Morgan fingerprint density at radius 2 is 2.23 bits per heavy atom. The van der Waals surface area contributed by atoms with Crippen LogP contribution in [0, 0.1) is 13.2 Å². The van der Waals surface area contributed by atoms with Gasteiger partial charge in [-0.15, -0.1) is 0 Å². The summed E-state index contributed by atoms with van der Waals surface area (Å²) < 4.78 is 10.3. The molecule has 0 atom stereocenters. The number of hydrogen-bond acceptors (Lipinski definition) is 2. The second-order valence-electron chi connectivity index (χ2n) is 2.79. The van der Waals surface area contributed by atoms with Crippen LogP contribution in [0.4, 0.5) is 0 Å². The topological polar surface area (TPSA) is 22.4 Å². The zero-order valence-electron chi connectivity index (χ0n) is 7.28. The summed E-state index contributed by atoms with van der Waals surface area (Å²) in [6.45, 7) is 2.02. The van der Waals surface area contributed by atoms with Gasteiger partial charge in [-0.1, -0.05) is 12.1 Å². The van der Waals surface area contributed by atoms with E-state index in [2.05, 4.69) is 6.26 Å². The van der Waals surface area contributed by atoms with Crippen molar-refractivity contribution in [1.29, 1.82) is 0 Å². The normalized spacial score (nSPS) is 9.92. The van der Waals surface area contributed by atoms with Crippen molar-refractivity contribution in [2.75, 3.05) is 0 Å². The first-order chi connectivity index (χ1) is 6.34. The number of rotatable bonds is 2. The molecule has 0 aliphatic heterocycles. The predicted molar refractivity (Wildman–Crippen MR) is 48.8 cm³/mol. The lowest BCUT2D eigenvalue weighted by atomic mass is 10.2. The summed E-state index contributed by atoms with van der Waals surface area (Å²) in [6.07, 6.45) is 2.56. The Kier molecular flexibility index (Phi) is 2.04. The molecule has 2 rings (SSSR count). The fraction of sp³-hybridized carbons (Fsp3) is 0.0909. The standard InChI is InChI=1S/C11H9O2/c1-9-4-2-5-10(8-9)13-11-6-3-7-12-11/h2-6,8H,1H3. The smallest absolute Gasteiger partial charge is 0.290 e. The monoisotopic (exact) mass is 173 g/mol. The van der Waals surface area contributed by atoms with Gasteiger partial charge in [-0.2, -0.15) is 0 Å². The van der Waals surface area contributed by atoms with E-state index in [1.54, 1.807) is 12.1 Å². The Hall–Kier alpha value is -1.70. The van der Waals surface area contributed by atoms with Gasteiger partial charge in [0.15, 0.2) is 6.26 Å². The minimum atomic E-state index is 0.464. The van der Waals surface area contributed by atoms with Gasteiger partial charge in [0.05, 0.1) is 0 Å². The van der Waals surface area contributed by atoms with Gasteiger partial charge >= 0.3 is 0 Å². The largest absolute Gasteiger partial charge is 0.426 e. The van der Waals surface area contributed by atoms with Crippen molar-refractivity contribution in [3.8, 4) is 11.7 Å². The molecule has 0 unspecified atom stereocenters. The summed E-state index contributed by atoms with van der Waals surface area (Å²) >= 11 is 0. The molecule has 2 nitrogen and oxygen atoms in total. The van der Waals surface area contributed by atoms with Crippen molar-refractivity contribution < 1.29 is 9.15 Å². The third kappa shape index (κ3) is 1.90. The van der Waals surface area contributed by atoms with Crippen LogP contribution < -0.4 is 4.74 Å². The fourth-order valence-corrected chi connectivity index (χ4v) is 1.08. The van der Waals surface area contributed by atoms with Crippen molar-refractivity contribution in [2.24, 2.45) is 0 Å². The van der Waals surface area contributed by atoms with Gasteiger partial charge < -0.3 is 9.15 Å². The molecule has 65 valence electrons. The summed E-state index contributed by atoms with van der Waals surface area (Å²) in [5.41, 5.74) is 1.16. The van der Waals surface area contributed by atoms with Gasteiger partial charge in [-0.25, -0.2) is 0 Å². The van der Waals surface area contributed by atoms with Crippen LogP contribution in [0.5, 0.6) is 11.7 Å². The van der Waals surface area contributed by atoms with Crippen LogP contribution in [0.1, 0.15) is 5.56 Å². The van der Waals surface area contributed by atoms with Crippen molar-refractivity contribution in [2.45, 2.75) is 6.92 Å². The second kappa shape index (κ2) is 3.35. The molecule has 0 aliphatic carbocycles. The summed E-state index contributed by atoms with van der Waals surface area (Å²) in [4.78, 5) is 0. The highest BCUT2D eigenvalue weighted by molar-refractivity contribution is 5.29. The molecule has 0 bridgehead atoms. The highest BCUT2D eigenvalue weighted by Gasteiger charge is 1.98. The van der Waals surface area contributed by atoms with Crippen LogP contribution in [0.15, 0.2) is 40.8 Å². The molecule has 13 heavy (non-hydrogen) atoms. The lowest BCUT2D eigenvalue weighted by Crippen LogP contribution is -1.81. The highest BCUT2D eigenvalue weighted by Crippen LogP contribution is 2.21. The van der Waals surface area contributed by atoms with Crippen LogP contribution in [-0.2, 0) is 0 Å². The molecular weight excluding hydrogens is 164 g/mol. The lowest BCUT2D eigenvalue weighted by molar-refractivity contribution is 0.344. The molecule has 2 aromatic rings. The van der Waals surface area contributed by atoms with E-state index >= 15 is 0 Å². The van der Waals surface area contributed by atoms with E-state index in [1.807, 2.05) is 31.2 Å². The first-order valence-corrected chi connectivity index (χ1v) is 4.05. The molecule has 2 heteroatoms. The summed E-state index contributed by atoms with van der Waals surface area (Å²) in [5, 5.41) is 0. The van der Waals surface area contributed by atoms with E-state index in [1.165, 1.54) is 0 Å². The number of ether oxygens (including phenoxy) is 1. The zero-order chi connectivity index (χ0) is 9.10. The first-order valence-electron chi connectivity index (χ1n) is 4.05. The lowest BCUT2D eigenvalue weighted by Gasteiger charge is -2.01. The predicted octanol–water partition coefficient (Wildman–Crippen LogP) is 3.18. The Morgan fingerprint density at radius 3 is 2.92 bits per heavy atom. The average molecular weight is 173 g/mol. The summed E-state index contributed by atoms with van der Waals surface area (Å²) in [5.74, 6) is 1.24. The molecule has 0 amide bonds. The third-order valence-corrected chi connectivity index (χ3v) is 1.65. The molecule has 1 aromatic carbocycles. The van der Waals surface area contributed by atoms with E-state index in [0.29, 0.717) is 5.95 Å². The molecule has 1 heterocycles. The minimum Gasteiger partial charge on any atom is -0.426 e. The molecule has 0 fully saturated rings. The maximum Gasteiger partial charge on any atom is 0.290 e. The van der Waals surface area contributed by atoms with Gasteiger partial charge in [-0.3, -0.25) is 0 Å². The second-order valence-corrected chi connectivity index (χ2v) is 2.79. The highest BCUT2D eigenvalue weighted by atomic mass is 16.6. The van der Waals surface area contributed by atoms with Crippen molar-refractivity contribution in [1.82, 2.24) is 0 Å². The van der Waals surface area contributed by atoms with Crippen LogP contribution in [0.2, 0.25) is 0 Å². The van der Waals surface area contributed by atoms with Gasteiger partial charge in [-0.05, 0) is 30.7 Å². The summed E-state index contributed by atoms with van der Waals surface area (Å²) in [7, 11) is 0. The average Bonchev–Trinajstić information content (AvgIpc) is 2.57. The maximum absolute atomic E-state index is 5.40. The molecule has 1 radical (unpaired) electrons. The number of benzene rings is 1. The Morgan fingerprint density at radius 1 is 1.31 bits per heavy atom. The fourth-order valence-electron chi connectivity index (χ4n) is 1.08. The zero-order valence-corrected chi connectivity index (χ0v) is 7.28. The minimum absolute atomic E-state index is 0.464. The van der Waals surface area contributed by atoms with Crippen LogP contribution in [-0.4, -0.2) is 0 Å². The van der Waals surface area contributed by atoms with Crippen molar-refractivity contribution in [3.63, 3.8) is 0 Å². The molecule has 1 aromatic heterocycles. The summed E-state index contributed by atoms with van der Waals surface area (Å²) in [6, 6.07) is 11.2. The number of hydrogen-bond donors (Lipinski definition) is 0. The molecule has 0 aliphatic rings. The third-order valence-electron chi connectivity index (χ3n) is 1.65. The molecule has 0 spiro atoms. The maximum atomic E-state index is 5.40. The van der Waals surface area contributed by atoms with Crippen LogP contribution >= 0.6 is 0 Å². The SMILES string of the molecule is Cc1cccc(Oc2cc[c]o2)c1. The number of aryl methyl sites for hydroxylation is 1. The number of furan rings is 1. The van der Waals surface area contributed by atoms with E-state index in [4.69, 9.17) is 9.15 Å². The van der Waals surface area contributed by atoms with Gasteiger partial charge in [0, 0.05) is 6.07 Å². The Labute approximate surface area is 76.8 Å². The molecule has 0 saturated heterocycles. The van der Waals surface area contributed by atoms with Gasteiger partial charge in [0.1, 0.15) is 5.75 Å². The van der Waals surface area contributed by atoms with Crippen LogP contribution in [0.25, 0.3) is 0 Å². The van der Waals surface area contributed by atoms with Crippen LogP contribution in [0.3, 0.4) is 0 Å². The van der Waals surface area contributed by atoms with Crippen molar-refractivity contribution in [3.05, 3.63) is 48.2 Å². The molecular formula is C11H9O2. The van der Waals surface area contributed by atoms with Gasteiger partial charge in [0.2, 0.25) is 0 Å². The quantitative estimate of drug-likeness (QED) is 0.695. The molecule has 0 saturated carbocycles.